The van der Waals surface area contributed by atoms with E-state index in [0.29, 0.717) is 5.92 Å². The molecule has 1 aromatic rings. The van der Waals surface area contributed by atoms with Crippen molar-refractivity contribution in [1.82, 2.24) is 9.97 Å². The summed E-state index contributed by atoms with van der Waals surface area (Å²) in [6, 6.07) is 0. The van der Waals surface area contributed by atoms with Gasteiger partial charge in [0.15, 0.2) is 11.6 Å². The van der Waals surface area contributed by atoms with E-state index >= 15 is 0 Å². The molecule has 3 nitrogen and oxygen atoms in total. The van der Waals surface area contributed by atoms with Gasteiger partial charge in [-0.3, -0.25) is 0 Å². The molecule has 5 heteroatoms. The minimum atomic E-state index is -0.440. The van der Waals surface area contributed by atoms with Crippen LogP contribution in [0, 0.1) is 11.7 Å². The molecule has 0 radical (unpaired) electrons. The second kappa shape index (κ2) is 5.26. The fourth-order valence-electron chi connectivity index (χ4n) is 1.29. The summed E-state index contributed by atoms with van der Waals surface area (Å²) in [6.45, 7) is 4.96. The first kappa shape index (κ1) is 12.2. The molecule has 0 aliphatic rings. The zero-order valence-electron chi connectivity index (χ0n) is 9.17. The predicted octanol–water partition coefficient (Wildman–Crippen LogP) is 2.75. The van der Waals surface area contributed by atoms with Gasteiger partial charge in [0, 0.05) is 13.6 Å². The molecule has 0 aliphatic carbocycles. The van der Waals surface area contributed by atoms with E-state index in [1.807, 2.05) is 0 Å². The molecule has 0 saturated heterocycles. The van der Waals surface area contributed by atoms with E-state index in [1.54, 1.807) is 11.9 Å². The van der Waals surface area contributed by atoms with Crippen molar-refractivity contribution in [1.29, 1.82) is 0 Å². The maximum absolute atomic E-state index is 13.3. The van der Waals surface area contributed by atoms with Gasteiger partial charge in [0.2, 0.25) is 5.28 Å². The molecule has 0 aromatic carbocycles. The Hall–Kier alpha value is -0.900. The Morgan fingerprint density at radius 3 is 2.87 bits per heavy atom. The van der Waals surface area contributed by atoms with E-state index in [1.165, 1.54) is 0 Å². The van der Waals surface area contributed by atoms with Crippen LogP contribution in [0.2, 0.25) is 5.28 Å². The first-order valence-electron chi connectivity index (χ1n) is 4.93. The highest BCUT2D eigenvalue weighted by molar-refractivity contribution is 6.28. The molecule has 0 N–H and O–H groups in total. The van der Waals surface area contributed by atoms with Crippen molar-refractivity contribution in [3.63, 3.8) is 0 Å². The second-order valence-electron chi connectivity index (χ2n) is 3.70. The van der Waals surface area contributed by atoms with Crippen LogP contribution in [0.25, 0.3) is 0 Å². The SMILES string of the molecule is CCC(C)CN(C)c1nc(Cl)ncc1F. The molecule has 0 fully saturated rings. The normalized spacial score (nSPS) is 12.6. The Morgan fingerprint density at radius 2 is 2.27 bits per heavy atom. The predicted molar refractivity (Wildman–Crippen MR) is 59.7 cm³/mol. The van der Waals surface area contributed by atoms with Crippen molar-refractivity contribution in [3.05, 3.63) is 17.3 Å². The van der Waals surface area contributed by atoms with Crippen molar-refractivity contribution in [2.45, 2.75) is 20.3 Å². The van der Waals surface area contributed by atoms with E-state index < -0.39 is 5.82 Å². The number of rotatable bonds is 4. The lowest BCUT2D eigenvalue weighted by Gasteiger charge is -2.21. The van der Waals surface area contributed by atoms with Crippen LogP contribution in [0.3, 0.4) is 0 Å². The second-order valence-corrected chi connectivity index (χ2v) is 4.04. The Bertz CT molecular complexity index is 332. The van der Waals surface area contributed by atoms with Crippen LogP contribution in [-0.2, 0) is 0 Å². The van der Waals surface area contributed by atoms with Crippen molar-refractivity contribution in [2.75, 3.05) is 18.5 Å². The molecule has 1 unspecified atom stereocenters. The highest BCUT2D eigenvalue weighted by atomic mass is 35.5. The molecule has 1 rings (SSSR count). The third-order valence-electron chi connectivity index (χ3n) is 2.34. The number of halogens is 2. The fraction of sp³-hybridized carbons (Fsp3) is 0.600. The van der Waals surface area contributed by atoms with Crippen molar-refractivity contribution >= 4 is 17.4 Å². The van der Waals surface area contributed by atoms with E-state index in [0.717, 1.165) is 19.2 Å². The summed E-state index contributed by atoms with van der Waals surface area (Å²) in [6.07, 6.45) is 2.14. The van der Waals surface area contributed by atoms with Crippen LogP contribution in [0.4, 0.5) is 10.2 Å². The molecule has 0 saturated carbocycles. The number of hydrogen-bond donors (Lipinski definition) is 0. The van der Waals surface area contributed by atoms with Crippen LogP contribution in [0.1, 0.15) is 20.3 Å². The molecule has 1 aromatic heterocycles. The number of aromatic nitrogens is 2. The van der Waals surface area contributed by atoms with Gasteiger partial charge >= 0.3 is 0 Å². The molecular weight excluding hydrogens is 217 g/mol. The van der Waals surface area contributed by atoms with Crippen LogP contribution in [-0.4, -0.2) is 23.6 Å². The molecule has 0 amide bonds. The average molecular weight is 232 g/mol. The van der Waals surface area contributed by atoms with Gasteiger partial charge in [-0.1, -0.05) is 20.3 Å². The Morgan fingerprint density at radius 1 is 1.60 bits per heavy atom. The minimum Gasteiger partial charge on any atom is -0.357 e. The summed E-state index contributed by atoms with van der Waals surface area (Å²) in [4.78, 5) is 9.20. The lowest BCUT2D eigenvalue weighted by atomic mass is 10.1. The van der Waals surface area contributed by atoms with Crippen LogP contribution in [0.15, 0.2) is 6.20 Å². The quantitative estimate of drug-likeness (QED) is 0.747. The lowest BCUT2D eigenvalue weighted by molar-refractivity contribution is 0.544. The van der Waals surface area contributed by atoms with E-state index in [4.69, 9.17) is 11.6 Å². The summed E-state index contributed by atoms with van der Waals surface area (Å²) < 4.78 is 13.3. The highest BCUT2D eigenvalue weighted by Crippen LogP contribution is 2.17. The smallest absolute Gasteiger partial charge is 0.224 e. The fourth-order valence-corrected chi connectivity index (χ4v) is 1.42. The van der Waals surface area contributed by atoms with Gasteiger partial charge in [-0.05, 0) is 17.5 Å². The van der Waals surface area contributed by atoms with Crippen LogP contribution in [0.5, 0.6) is 0 Å². The minimum absolute atomic E-state index is 0.0717. The lowest BCUT2D eigenvalue weighted by Crippen LogP contribution is -2.25. The molecule has 84 valence electrons. The molecule has 0 bridgehead atoms. The Labute approximate surface area is 94.3 Å². The Kier molecular flexibility index (Phi) is 4.27. The van der Waals surface area contributed by atoms with Crippen LogP contribution >= 0.6 is 11.6 Å². The third-order valence-corrected chi connectivity index (χ3v) is 2.52. The maximum atomic E-state index is 13.3. The number of nitrogens with zero attached hydrogens (tertiary/aromatic N) is 3. The summed E-state index contributed by atoms with van der Waals surface area (Å²) in [5, 5.41) is 0.0717. The summed E-state index contributed by atoms with van der Waals surface area (Å²) in [5.74, 6) is 0.309. The monoisotopic (exact) mass is 231 g/mol. The van der Waals surface area contributed by atoms with Gasteiger partial charge in [0.25, 0.3) is 0 Å². The third kappa shape index (κ3) is 3.30. The van der Waals surface area contributed by atoms with Gasteiger partial charge in [-0.25, -0.2) is 9.37 Å². The zero-order valence-corrected chi connectivity index (χ0v) is 9.92. The topological polar surface area (TPSA) is 29.0 Å². The van der Waals surface area contributed by atoms with Gasteiger partial charge in [0.05, 0.1) is 6.20 Å². The van der Waals surface area contributed by atoms with E-state index in [2.05, 4.69) is 23.8 Å². The molecule has 15 heavy (non-hydrogen) atoms. The van der Waals surface area contributed by atoms with Crippen molar-refractivity contribution in [3.8, 4) is 0 Å². The summed E-state index contributed by atoms with van der Waals surface area (Å²) in [7, 11) is 1.80. The first-order chi connectivity index (χ1) is 7.04. The zero-order chi connectivity index (χ0) is 11.4. The highest BCUT2D eigenvalue weighted by Gasteiger charge is 2.12. The molecule has 0 spiro atoms. The van der Waals surface area contributed by atoms with E-state index in [-0.39, 0.29) is 11.1 Å². The van der Waals surface area contributed by atoms with Crippen molar-refractivity contribution in [2.24, 2.45) is 5.92 Å². The summed E-state index contributed by atoms with van der Waals surface area (Å²) in [5.41, 5.74) is 0. The molecule has 1 atom stereocenters. The van der Waals surface area contributed by atoms with Crippen molar-refractivity contribution < 1.29 is 4.39 Å². The van der Waals surface area contributed by atoms with Crippen LogP contribution < -0.4 is 4.90 Å². The van der Waals surface area contributed by atoms with Gasteiger partial charge < -0.3 is 4.90 Å². The standard InChI is InChI=1S/C10H15ClFN3/c1-4-7(2)6-15(3)9-8(12)5-13-10(11)14-9/h5,7H,4,6H2,1-3H3. The van der Waals surface area contributed by atoms with Gasteiger partial charge in [-0.15, -0.1) is 0 Å². The summed E-state index contributed by atoms with van der Waals surface area (Å²) >= 11 is 5.62. The Balaban J connectivity index is 2.80. The number of anilines is 1. The van der Waals surface area contributed by atoms with E-state index in [9.17, 15) is 4.39 Å². The molecule has 1 heterocycles. The largest absolute Gasteiger partial charge is 0.357 e. The maximum Gasteiger partial charge on any atom is 0.224 e. The average Bonchev–Trinajstić information content (AvgIpc) is 2.21. The van der Waals surface area contributed by atoms with Gasteiger partial charge in [0.1, 0.15) is 0 Å². The number of hydrogen-bond acceptors (Lipinski definition) is 3. The molecular formula is C10H15ClFN3. The molecule has 0 aliphatic heterocycles. The van der Waals surface area contributed by atoms with Gasteiger partial charge in [-0.2, -0.15) is 4.98 Å². The first-order valence-corrected chi connectivity index (χ1v) is 5.31.